The van der Waals surface area contributed by atoms with Crippen molar-refractivity contribution in [2.24, 2.45) is 0 Å². The number of rotatable bonds is 8. The van der Waals surface area contributed by atoms with Crippen LogP contribution in [0.4, 0.5) is 0 Å². The largest absolute Gasteiger partial charge is 0.355 e. The zero-order valence-corrected chi connectivity index (χ0v) is 17.4. The van der Waals surface area contributed by atoms with Gasteiger partial charge in [0.15, 0.2) is 0 Å². The number of thioether (sulfide) groups is 1. The zero-order chi connectivity index (χ0) is 18.4. The SMILES string of the molecule is Cc1cccc(CSCC(=O)NCCc2ccc(-c3csc(C)n3)s2)c1. The van der Waals surface area contributed by atoms with Crippen molar-refractivity contribution in [3.8, 4) is 10.6 Å². The summed E-state index contributed by atoms with van der Waals surface area (Å²) in [7, 11) is 0. The number of nitrogens with zero attached hydrogens (tertiary/aromatic N) is 1. The minimum atomic E-state index is 0.106. The number of nitrogens with one attached hydrogen (secondary N) is 1. The summed E-state index contributed by atoms with van der Waals surface area (Å²) in [5.74, 6) is 1.48. The molecule has 3 rings (SSSR count). The molecule has 1 N–H and O–H groups in total. The fourth-order valence-corrected chi connectivity index (χ4v) is 5.03. The minimum Gasteiger partial charge on any atom is -0.355 e. The fraction of sp³-hybridized carbons (Fsp3) is 0.300. The first-order valence-corrected chi connectivity index (χ1v) is 11.4. The molecule has 0 unspecified atom stereocenters. The predicted molar refractivity (Wildman–Crippen MR) is 114 cm³/mol. The van der Waals surface area contributed by atoms with Crippen LogP contribution in [0.5, 0.6) is 0 Å². The molecule has 0 radical (unpaired) electrons. The van der Waals surface area contributed by atoms with Crippen molar-refractivity contribution in [3.05, 3.63) is 62.8 Å². The van der Waals surface area contributed by atoms with Crippen LogP contribution in [0.1, 0.15) is 21.0 Å². The van der Waals surface area contributed by atoms with Gasteiger partial charge in [-0.25, -0.2) is 4.98 Å². The molecule has 0 aliphatic heterocycles. The van der Waals surface area contributed by atoms with Gasteiger partial charge in [-0.15, -0.1) is 34.4 Å². The lowest BCUT2D eigenvalue weighted by Crippen LogP contribution is -2.27. The summed E-state index contributed by atoms with van der Waals surface area (Å²) in [4.78, 5) is 19.0. The second-order valence-corrected chi connectivity index (χ2v) is 9.32. The van der Waals surface area contributed by atoms with E-state index < -0.39 is 0 Å². The number of carbonyl (C=O) groups excluding carboxylic acids is 1. The summed E-state index contributed by atoms with van der Waals surface area (Å²) in [6, 6.07) is 12.7. The quantitative estimate of drug-likeness (QED) is 0.571. The maximum atomic E-state index is 12.0. The molecule has 3 nitrogen and oxygen atoms in total. The van der Waals surface area contributed by atoms with E-state index in [1.807, 2.05) is 6.92 Å². The highest BCUT2D eigenvalue weighted by atomic mass is 32.2. The van der Waals surface area contributed by atoms with Gasteiger partial charge in [-0.3, -0.25) is 4.79 Å². The Morgan fingerprint density at radius 1 is 1.23 bits per heavy atom. The second-order valence-electron chi connectivity index (χ2n) is 6.10. The molecule has 0 fully saturated rings. The van der Waals surface area contributed by atoms with Gasteiger partial charge in [0.1, 0.15) is 0 Å². The van der Waals surface area contributed by atoms with Gasteiger partial charge < -0.3 is 5.32 Å². The van der Waals surface area contributed by atoms with Crippen LogP contribution in [0, 0.1) is 13.8 Å². The summed E-state index contributed by atoms with van der Waals surface area (Å²) in [6.07, 6.45) is 0.863. The van der Waals surface area contributed by atoms with Gasteiger partial charge in [-0.2, -0.15) is 0 Å². The Morgan fingerprint density at radius 3 is 2.88 bits per heavy atom. The molecule has 1 amide bonds. The number of carbonyl (C=O) groups is 1. The molecule has 0 aliphatic rings. The highest BCUT2D eigenvalue weighted by Gasteiger charge is 2.07. The van der Waals surface area contributed by atoms with Crippen LogP contribution >= 0.6 is 34.4 Å². The molecule has 2 aromatic heterocycles. The number of hydrogen-bond donors (Lipinski definition) is 1. The highest BCUT2D eigenvalue weighted by Crippen LogP contribution is 2.29. The Bertz CT molecular complexity index is 869. The van der Waals surface area contributed by atoms with E-state index in [-0.39, 0.29) is 5.91 Å². The smallest absolute Gasteiger partial charge is 0.230 e. The molecule has 0 bridgehead atoms. The number of hydrogen-bond acceptors (Lipinski definition) is 5. The summed E-state index contributed by atoms with van der Waals surface area (Å²) in [5, 5.41) is 6.20. The summed E-state index contributed by atoms with van der Waals surface area (Å²) >= 11 is 5.08. The monoisotopic (exact) mass is 402 g/mol. The molecule has 2 heterocycles. The molecule has 0 atom stereocenters. The lowest BCUT2D eigenvalue weighted by atomic mass is 10.2. The van der Waals surface area contributed by atoms with Gasteiger partial charge in [-0.1, -0.05) is 29.8 Å². The molecule has 0 saturated carbocycles. The van der Waals surface area contributed by atoms with Gasteiger partial charge in [-0.05, 0) is 38.0 Å². The van der Waals surface area contributed by atoms with Crippen molar-refractivity contribution >= 4 is 40.3 Å². The first kappa shape index (κ1) is 19.1. The third-order valence-corrected chi connectivity index (χ3v) is 6.76. The number of benzene rings is 1. The van der Waals surface area contributed by atoms with E-state index in [2.05, 4.69) is 59.0 Å². The molecule has 6 heteroatoms. The first-order chi connectivity index (χ1) is 12.6. The first-order valence-electron chi connectivity index (χ1n) is 8.51. The maximum absolute atomic E-state index is 12.0. The van der Waals surface area contributed by atoms with E-state index in [0.29, 0.717) is 12.3 Å². The van der Waals surface area contributed by atoms with E-state index in [1.54, 1.807) is 34.4 Å². The van der Waals surface area contributed by atoms with E-state index >= 15 is 0 Å². The van der Waals surface area contributed by atoms with E-state index in [9.17, 15) is 4.79 Å². The molecule has 0 aliphatic carbocycles. The van der Waals surface area contributed by atoms with Crippen LogP contribution < -0.4 is 5.32 Å². The van der Waals surface area contributed by atoms with Crippen molar-refractivity contribution in [2.45, 2.75) is 26.0 Å². The highest BCUT2D eigenvalue weighted by molar-refractivity contribution is 7.99. The van der Waals surface area contributed by atoms with Gasteiger partial charge in [0.05, 0.1) is 21.3 Å². The Morgan fingerprint density at radius 2 is 2.12 bits per heavy atom. The van der Waals surface area contributed by atoms with Crippen LogP contribution in [0.15, 0.2) is 41.8 Å². The predicted octanol–water partition coefficient (Wildman–Crippen LogP) is 5.08. The number of aromatic nitrogens is 1. The van der Waals surface area contributed by atoms with Crippen molar-refractivity contribution in [3.63, 3.8) is 0 Å². The van der Waals surface area contributed by atoms with Crippen LogP contribution in [0.25, 0.3) is 10.6 Å². The maximum Gasteiger partial charge on any atom is 0.230 e. The van der Waals surface area contributed by atoms with Gasteiger partial charge in [0.2, 0.25) is 5.91 Å². The van der Waals surface area contributed by atoms with Crippen molar-refractivity contribution in [1.82, 2.24) is 10.3 Å². The molecule has 136 valence electrons. The van der Waals surface area contributed by atoms with Crippen LogP contribution in [0.3, 0.4) is 0 Å². The zero-order valence-electron chi connectivity index (χ0n) is 15.0. The van der Waals surface area contributed by atoms with Crippen LogP contribution in [-0.4, -0.2) is 23.2 Å². The molecule has 0 saturated heterocycles. The topological polar surface area (TPSA) is 42.0 Å². The molecule has 1 aromatic carbocycles. The van der Waals surface area contributed by atoms with E-state index in [0.717, 1.165) is 22.9 Å². The third kappa shape index (κ3) is 5.69. The van der Waals surface area contributed by atoms with Crippen molar-refractivity contribution in [1.29, 1.82) is 0 Å². The lowest BCUT2D eigenvalue weighted by molar-refractivity contribution is -0.118. The van der Waals surface area contributed by atoms with E-state index in [4.69, 9.17) is 0 Å². The number of thiophene rings is 1. The lowest BCUT2D eigenvalue weighted by Gasteiger charge is -2.05. The molecular weight excluding hydrogens is 380 g/mol. The minimum absolute atomic E-state index is 0.106. The average Bonchev–Trinajstić information content (AvgIpc) is 3.24. The summed E-state index contributed by atoms with van der Waals surface area (Å²) in [5.41, 5.74) is 3.59. The van der Waals surface area contributed by atoms with Crippen LogP contribution in [-0.2, 0) is 17.0 Å². The Balaban J connectivity index is 1.37. The van der Waals surface area contributed by atoms with Crippen molar-refractivity contribution in [2.75, 3.05) is 12.3 Å². The normalized spacial score (nSPS) is 10.8. The standard InChI is InChI=1S/C20H22N2OS3/c1-14-4-3-5-16(10-14)11-24-13-20(23)21-9-8-17-6-7-19(26-17)18-12-25-15(2)22-18/h3-7,10,12H,8-9,11,13H2,1-2H3,(H,21,23). The Kier molecular flexibility index (Phi) is 6.88. The fourth-order valence-electron chi connectivity index (χ4n) is 2.57. The van der Waals surface area contributed by atoms with E-state index in [1.165, 1.54) is 20.9 Å². The second kappa shape index (κ2) is 9.35. The van der Waals surface area contributed by atoms with Crippen molar-refractivity contribution < 1.29 is 4.79 Å². The number of amides is 1. The van der Waals surface area contributed by atoms with Gasteiger partial charge >= 0.3 is 0 Å². The molecule has 26 heavy (non-hydrogen) atoms. The number of thiazole rings is 1. The molecule has 0 spiro atoms. The summed E-state index contributed by atoms with van der Waals surface area (Å²) in [6.45, 7) is 4.79. The van der Waals surface area contributed by atoms with Crippen LogP contribution in [0.2, 0.25) is 0 Å². The van der Waals surface area contributed by atoms with Gasteiger partial charge in [0, 0.05) is 22.6 Å². The Hall–Kier alpha value is -1.63. The Labute approximate surface area is 166 Å². The average molecular weight is 403 g/mol. The molecular formula is C20H22N2OS3. The summed E-state index contributed by atoms with van der Waals surface area (Å²) < 4.78 is 0. The molecule has 3 aromatic rings. The number of aryl methyl sites for hydroxylation is 2. The third-order valence-electron chi connectivity index (χ3n) is 3.81. The van der Waals surface area contributed by atoms with Gasteiger partial charge in [0.25, 0.3) is 0 Å².